The van der Waals surface area contributed by atoms with E-state index in [1.54, 1.807) is 0 Å². The predicted octanol–water partition coefficient (Wildman–Crippen LogP) is 2.07. The molecule has 0 aromatic carbocycles. The lowest BCUT2D eigenvalue weighted by atomic mass is 9.86. The molecular formula is C21H36N4O3. The van der Waals surface area contributed by atoms with Gasteiger partial charge in [-0.25, -0.2) is 4.79 Å². The molecule has 28 heavy (non-hydrogen) atoms. The molecule has 3 saturated heterocycles. The summed E-state index contributed by atoms with van der Waals surface area (Å²) in [7, 11) is 0. The minimum Gasteiger partial charge on any atom is -0.341 e. The van der Waals surface area contributed by atoms with Crippen molar-refractivity contribution in [2.45, 2.75) is 71.4 Å². The van der Waals surface area contributed by atoms with E-state index in [0.717, 1.165) is 39.0 Å². The number of hydrogen-bond acceptors (Lipinski definition) is 4. The molecule has 0 unspecified atom stereocenters. The van der Waals surface area contributed by atoms with E-state index in [-0.39, 0.29) is 23.9 Å². The van der Waals surface area contributed by atoms with Crippen LogP contribution in [0.25, 0.3) is 0 Å². The van der Waals surface area contributed by atoms with Crippen LogP contribution in [0.4, 0.5) is 4.79 Å². The average molecular weight is 393 g/mol. The lowest BCUT2D eigenvalue weighted by molar-refractivity contribution is -0.139. The van der Waals surface area contributed by atoms with Crippen molar-refractivity contribution in [1.82, 2.24) is 20.0 Å². The molecule has 1 N–H and O–H groups in total. The van der Waals surface area contributed by atoms with Crippen LogP contribution in [0.3, 0.4) is 0 Å². The van der Waals surface area contributed by atoms with Gasteiger partial charge in [-0.2, -0.15) is 0 Å². The Balaban J connectivity index is 1.64. The second-order valence-electron chi connectivity index (χ2n) is 9.62. The number of imide groups is 1. The zero-order valence-electron chi connectivity index (χ0n) is 17.9. The molecule has 0 aromatic rings. The summed E-state index contributed by atoms with van der Waals surface area (Å²) in [6.45, 7) is 12.4. The van der Waals surface area contributed by atoms with Gasteiger partial charge in [0.2, 0.25) is 5.91 Å². The van der Waals surface area contributed by atoms with E-state index in [1.165, 1.54) is 4.90 Å². The van der Waals surface area contributed by atoms with Crippen molar-refractivity contribution >= 4 is 17.8 Å². The fraction of sp³-hybridized carbons (Fsp3) is 0.857. The van der Waals surface area contributed by atoms with Gasteiger partial charge in [0.1, 0.15) is 5.54 Å². The normalized spacial score (nSPS) is 25.9. The number of nitrogens with zero attached hydrogens (tertiary/aromatic N) is 3. The summed E-state index contributed by atoms with van der Waals surface area (Å²) in [6.07, 6.45) is 3.47. The van der Waals surface area contributed by atoms with Crippen molar-refractivity contribution in [1.29, 1.82) is 0 Å². The summed E-state index contributed by atoms with van der Waals surface area (Å²) in [5.41, 5.74) is -0.741. The first-order valence-corrected chi connectivity index (χ1v) is 10.9. The van der Waals surface area contributed by atoms with Crippen LogP contribution in [-0.2, 0) is 9.59 Å². The highest BCUT2D eigenvalue weighted by atomic mass is 16.2. The highest BCUT2D eigenvalue weighted by molar-refractivity contribution is 6.07. The minimum absolute atomic E-state index is 0.0788. The van der Waals surface area contributed by atoms with E-state index in [1.807, 2.05) is 18.7 Å². The fourth-order valence-electron chi connectivity index (χ4n) is 4.82. The topological polar surface area (TPSA) is 73.0 Å². The molecule has 3 aliphatic rings. The van der Waals surface area contributed by atoms with Crippen LogP contribution in [0.1, 0.15) is 59.8 Å². The van der Waals surface area contributed by atoms with Crippen LogP contribution in [0, 0.1) is 11.8 Å². The van der Waals surface area contributed by atoms with Gasteiger partial charge in [0.25, 0.3) is 5.91 Å². The molecule has 7 heteroatoms. The maximum atomic E-state index is 13.3. The number of rotatable bonds is 5. The Labute approximate surface area is 168 Å². The predicted molar refractivity (Wildman–Crippen MR) is 108 cm³/mol. The number of carbonyl (C=O) groups is 3. The standard InChI is InChI=1S/C21H36N4O3/c1-15(2)12-18(26)24-9-5-6-17(14-24)25-19(27)21(22-20(25)28)7-10-23(11-8-21)13-16(3)4/h15-17H,5-14H2,1-4H3,(H,22,28)/t17-/m0/s1. The SMILES string of the molecule is CC(C)CC(=O)N1CCC[C@H](N2C(=O)NC3(CCN(CC(C)C)CC3)C2=O)C1. The molecule has 4 amide bonds. The molecule has 3 aliphatic heterocycles. The number of likely N-dealkylation sites (tertiary alicyclic amines) is 2. The smallest absolute Gasteiger partial charge is 0.325 e. The summed E-state index contributed by atoms with van der Waals surface area (Å²) in [5.74, 6) is 0.952. The van der Waals surface area contributed by atoms with Crippen molar-refractivity contribution in [2.75, 3.05) is 32.7 Å². The fourth-order valence-corrected chi connectivity index (χ4v) is 4.82. The monoisotopic (exact) mass is 392 g/mol. The highest BCUT2D eigenvalue weighted by Gasteiger charge is 2.54. The highest BCUT2D eigenvalue weighted by Crippen LogP contribution is 2.32. The minimum atomic E-state index is -0.741. The first kappa shape index (κ1) is 21.1. The number of urea groups is 1. The Morgan fingerprint density at radius 1 is 1.11 bits per heavy atom. The van der Waals surface area contributed by atoms with Gasteiger partial charge in [-0.3, -0.25) is 14.5 Å². The van der Waals surface area contributed by atoms with E-state index < -0.39 is 5.54 Å². The molecule has 0 aromatic heterocycles. The largest absolute Gasteiger partial charge is 0.341 e. The van der Waals surface area contributed by atoms with Crippen LogP contribution in [0.15, 0.2) is 0 Å². The molecular weight excluding hydrogens is 356 g/mol. The Morgan fingerprint density at radius 3 is 2.39 bits per heavy atom. The van der Waals surface area contributed by atoms with Gasteiger partial charge in [0.05, 0.1) is 6.04 Å². The Kier molecular flexibility index (Phi) is 6.32. The van der Waals surface area contributed by atoms with Crippen molar-refractivity contribution in [3.63, 3.8) is 0 Å². The van der Waals surface area contributed by atoms with Crippen molar-refractivity contribution in [3.05, 3.63) is 0 Å². The van der Waals surface area contributed by atoms with E-state index in [2.05, 4.69) is 24.1 Å². The van der Waals surface area contributed by atoms with Gasteiger partial charge in [-0.05, 0) is 37.5 Å². The molecule has 0 radical (unpaired) electrons. The summed E-state index contributed by atoms with van der Waals surface area (Å²) in [4.78, 5) is 44.2. The van der Waals surface area contributed by atoms with Gasteiger partial charge < -0.3 is 15.1 Å². The van der Waals surface area contributed by atoms with E-state index >= 15 is 0 Å². The van der Waals surface area contributed by atoms with E-state index in [0.29, 0.717) is 37.6 Å². The Bertz CT molecular complexity index is 611. The second kappa shape index (κ2) is 8.39. The van der Waals surface area contributed by atoms with E-state index in [9.17, 15) is 14.4 Å². The molecule has 0 aliphatic carbocycles. The first-order chi connectivity index (χ1) is 13.2. The van der Waals surface area contributed by atoms with Crippen LogP contribution in [-0.4, -0.2) is 76.8 Å². The summed E-state index contributed by atoms with van der Waals surface area (Å²) < 4.78 is 0. The third-order valence-corrected chi connectivity index (χ3v) is 6.22. The van der Waals surface area contributed by atoms with Crippen LogP contribution in [0.2, 0.25) is 0 Å². The third-order valence-electron chi connectivity index (χ3n) is 6.22. The third kappa shape index (κ3) is 4.34. The molecule has 3 rings (SSSR count). The quantitative estimate of drug-likeness (QED) is 0.727. The van der Waals surface area contributed by atoms with Gasteiger partial charge in [0, 0.05) is 39.1 Å². The molecule has 7 nitrogen and oxygen atoms in total. The van der Waals surface area contributed by atoms with Crippen molar-refractivity contribution < 1.29 is 14.4 Å². The number of piperidine rings is 2. The number of carbonyl (C=O) groups excluding carboxylic acids is 3. The second-order valence-corrected chi connectivity index (χ2v) is 9.62. The maximum absolute atomic E-state index is 13.3. The number of amides is 4. The Morgan fingerprint density at radius 2 is 1.79 bits per heavy atom. The van der Waals surface area contributed by atoms with Crippen molar-refractivity contribution in [2.24, 2.45) is 11.8 Å². The average Bonchev–Trinajstić information content (AvgIpc) is 2.86. The lowest BCUT2D eigenvalue weighted by Crippen LogP contribution is -2.56. The van der Waals surface area contributed by atoms with Crippen LogP contribution < -0.4 is 5.32 Å². The summed E-state index contributed by atoms with van der Waals surface area (Å²) in [6, 6.07) is -0.476. The zero-order chi connectivity index (χ0) is 20.5. The number of hydrogen-bond donors (Lipinski definition) is 1. The van der Waals surface area contributed by atoms with Gasteiger partial charge in [-0.15, -0.1) is 0 Å². The molecule has 1 spiro atoms. The summed E-state index contributed by atoms with van der Waals surface area (Å²) in [5, 5.41) is 3.02. The van der Waals surface area contributed by atoms with Gasteiger partial charge in [-0.1, -0.05) is 27.7 Å². The lowest BCUT2D eigenvalue weighted by Gasteiger charge is -2.39. The maximum Gasteiger partial charge on any atom is 0.325 e. The Hall–Kier alpha value is -1.63. The molecule has 0 bridgehead atoms. The van der Waals surface area contributed by atoms with Crippen molar-refractivity contribution in [3.8, 4) is 0 Å². The molecule has 0 saturated carbocycles. The van der Waals surface area contributed by atoms with Crippen LogP contribution >= 0.6 is 0 Å². The van der Waals surface area contributed by atoms with E-state index in [4.69, 9.17) is 0 Å². The summed E-state index contributed by atoms with van der Waals surface area (Å²) >= 11 is 0. The molecule has 3 heterocycles. The number of nitrogens with one attached hydrogen (secondary N) is 1. The molecule has 158 valence electrons. The zero-order valence-corrected chi connectivity index (χ0v) is 17.9. The van der Waals surface area contributed by atoms with Gasteiger partial charge >= 0.3 is 6.03 Å². The van der Waals surface area contributed by atoms with Gasteiger partial charge in [0.15, 0.2) is 0 Å². The molecule has 1 atom stereocenters. The first-order valence-electron chi connectivity index (χ1n) is 10.9. The molecule has 3 fully saturated rings. The van der Waals surface area contributed by atoms with Crippen LogP contribution in [0.5, 0.6) is 0 Å².